The van der Waals surface area contributed by atoms with Gasteiger partial charge in [-0.2, -0.15) is 5.26 Å². The molecule has 0 unspecified atom stereocenters. The van der Waals surface area contributed by atoms with E-state index in [-0.39, 0.29) is 18.4 Å². The summed E-state index contributed by atoms with van der Waals surface area (Å²) in [5.41, 5.74) is 2.64. The summed E-state index contributed by atoms with van der Waals surface area (Å²) >= 11 is 1.30. The molecular formula is C21H14FN3O3S. The van der Waals surface area contributed by atoms with Crippen molar-refractivity contribution in [1.29, 1.82) is 5.26 Å². The van der Waals surface area contributed by atoms with Crippen molar-refractivity contribution in [3.8, 4) is 28.8 Å². The first-order chi connectivity index (χ1) is 14.0. The zero-order valence-corrected chi connectivity index (χ0v) is 16.0. The monoisotopic (exact) mass is 407 g/mol. The maximum atomic E-state index is 13.1. The van der Waals surface area contributed by atoms with Crippen molar-refractivity contribution in [2.24, 2.45) is 0 Å². The first-order valence-corrected chi connectivity index (χ1v) is 9.46. The summed E-state index contributed by atoms with van der Waals surface area (Å²) in [5, 5.41) is 14.9. The molecule has 1 aromatic heterocycles. The van der Waals surface area contributed by atoms with Crippen LogP contribution in [0.5, 0.6) is 11.5 Å². The molecule has 0 spiro atoms. The average molecular weight is 407 g/mol. The molecule has 2 aromatic carbocycles. The maximum Gasteiger partial charge on any atom is 0.231 e. The van der Waals surface area contributed by atoms with E-state index in [1.807, 2.05) is 0 Å². The summed E-state index contributed by atoms with van der Waals surface area (Å²) in [4.78, 5) is 16.4. The minimum Gasteiger partial charge on any atom is -0.454 e. The standard InChI is InChI=1S/C21H14FN3O3S/c1-12(26)16-6-19-20(28-11-27-19)7-17(16)24-9-14(8-23)21-25-18(10-29-21)13-2-4-15(22)5-3-13/h2-7,9-10,24H,11H2,1H3. The van der Waals surface area contributed by atoms with Crippen LogP contribution in [0.1, 0.15) is 22.3 Å². The molecule has 1 aliphatic rings. The lowest BCUT2D eigenvalue weighted by molar-refractivity contribution is 0.101. The molecule has 0 atom stereocenters. The van der Waals surface area contributed by atoms with Crippen molar-refractivity contribution in [2.45, 2.75) is 6.92 Å². The van der Waals surface area contributed by atoms with E-state index in [2.05, 4.69) is 16.4 Å². The highest BCUT2D eigenvalue weighted by molar-refractivity contribution is 7.11. The number of carbonyl (C=O) groups excluding carboxylic acids is 1. The number of carbonyl (C=O) groups is 1. The van der Waals surface area contributed by atoms with Crippen molar-refractivity contribution < 1.29 is 18.7 Å². The Morgan fingerprint density at radius 3 is 2.69 bits per heavy atom. The predicted octanol–water partition coefficient (Wildman–Crippen LogP) is 4.86. The smallest absolute Gasteiger partial charge is 0.231 e. The van der Waals surface area contributed by atoms with Gasteiger partial charge in [-0.05, 0) is 37.3 Å². The van der Waals surface area contributed by atoms with Gasteiger partial charge in [-0.3, -0.25) is 4.79 Å². The van der Waals surface area contributed by atoms with Gasteiger partial charge < -0.3 is 14.8 Å². The van der Waals surface area contributed by atoms with Crippen molar-refractivity contribution in [3.63, 3.8) is 0 Å². The van der Waals surface area contributed by atoms with Crippen molar-refractivity contribution in [1.82, 2.24) is 4.98 Å². The third-order valence-electron chi connectivity index (χ3n) is 4.26. The molecule has 2 heterocycles. The van der Waals surface area contributed by atoms with Crippen molar-refractivity contribution in [3.05, 3.63) is 64.4 Å². The number of ether oxygens (including phenoxy) is 2. The first kappa shape index (κ1) is 18.7. The number of nitrogens with one attached hydrogen (secondary N) is 1. The topological polar surface area (TPSA) is 84.2 Å². The van der Waals surface area contributed by atoms with Crippen LogP contribution in [0.15, 0.2) is 48.0 Å². The molecule has 0 bridgehead atoms. The van der Waals surface area contributed by atoms with E-state index < -0.39 is 0 Å². The van der Waals surface area contributed by atoms with E-state index in [9.17, 15) is 14.4 Å². The third-order valence-corrected chi connectivity index (χ3v) is 5.13. The number of allylic oxidation sites excluding steroid dienone is 1. The molecular weight excluding hydrogens is 393 g/mol. The number of Topliss-reactive ketones (excluding diaryl/α,β-unsaturated/α-hetero) is 1. The van der Waals surface area contributed by atoms with Crippen LogP contribution in [-0.4, -0.2) is 17.6 Å². The lowest BCUT2D eigenvalue weighted by atomic mass is 10.1. The minimum absolute atomic E-state index is 0.0979. The van der Waals surface area contributed by atoms with E-state index >= 15 is 0 Å². The number of hydrogen-bond donors (Lipinski definition) is 1. The van der Waals surface area contributed by atoms with Crippen molar-refractivity contribution >= 4 is 28.4 Å². The Kier molecular flexibility index (Phi) is 4.97. The second-order valence-corrected chi connectivity index (χ2v) is 7.02. The number of nitriles is 1. The number of fused-ring (bicyclic) bond motifs is 1. The van der Waals surface area contributed by atoms with Gasteiger partial charge in [0.05, 0.1) is 11.4 Å². The fraction of sp³-hybridized carbons (Fsp3) is 0.0952. The molecule has 0 saturated carbocycles. The van der Waals surface area contributed by atoms with Gasteiger partial charge in [0.15, 0.2) is 17.3 Å². The van der Waals surface area contributed by atoms with Crippen LogP contribution < -0.4 is 14.8 Å². The largest absolute Gasteiger partial charge is 0.454 e. The fourth-order valence-electron chi connectivity index (χ4n) is 2.80. The summed E-state index contributed by atoms with van der Waals surface area (Å²) < 4.78 is 23.8. The molecule has 0 amide bonds. The summed E-state index contributed by atoms with van der Waals surface area (Å²) in [7, 11) is 0. The van der Waals surface area contributed by atoms with Crippen LogP contribution in [0.4, 0.5) is 10.1 Å². The maximum absolute atomic E-state index is 13.1. The van der Waals surface area contributed by atoms with Crippen LogP contribution in [0.2, 0.25) is 0 Å². The Labute approximate surface area is 169 Å². The molecule has 3 aromatic rings. The fourth-order valence-corrected chi connectivity index (χ4v) is 3.59. The van der Waals surface area contributed by atoms with Gasteiger partial charge in [0.1, 0.15) is 22.5 Å². The van der Waals surface area contributed by atoms with E-state index in [4.69, 9.17) is 9.47 Å². The molecule has 6 nitrogen and oxygen atoms in total. The van der Waals surface area contributed by atoms with Gasteiger partial charge in [-0.25, -0.2) is 9.37 Å². The van der Waals surface area contributed by atoms with Crippen LogP contribution in [0.3, 0.4) is 0 Å². The Morgan fingerprint density at radius 1 is 1.28 bits per heavy atom. The highest BCUT2D eigenvalue weighted by Gasteiger charge is 2.19. The predicted molar refractivity (Wildman–Crippen MR) is 107 cm³/mol. The Morgan fingerprint density at radius 2 is 2.00 bits per heavy atom. The van der Waals surface area contributed by atoms with Crippen molar-refractivity contribution in [2.75, 3.05) is 12.1 Å². The average Bonchev–Trinajstić information content (AvgIpc) is 3.37. The lowest BCUT2D eigenvalue weighted by Crippen LogP contribution is -2.00. The van der Waals surface area contributed by atoms with Crippen LogP contribution >= 0.6 is 11.3 Å². The minimum atomic E-state index is -0.323. The molecule has 0 saturated heterocycles. The number of rotatable bonds is 5. The SMILES string of the molecule is CC(=O)c1cc2c(cc1NC=C(C#N)c1nc(-c3ccc(F)cc3)cs1)OCO2. The molecule has 0 radical (unpaired) electrons. The van der Waals surface area contributed by atoms with E-state index in [1.165, 1.54) is 36.6 Å². The van der Waals surface area contributed by atoms with Crippen LogP contribution in [-0.2, 0) is 0 Å². The molecule has 8 heteroatoms. The normalized spacial score (nSPS) is 12.5. The summed E-state index contributed by atoms with van der Waals surface area (Å²) in [6.07, 6.45) is 1.50. The van der Waals surface area contributed by atoms with Crippen LogP contribution in [0.25, 0.3) is 16.8 Å². The number of hydrogen-bond acceptors (Lipinski definition) is 7. The highest BCUT2D eigenvalue weighted by Crippen LogP contribution is 2.37. The number of nitrogens with zero attached hydrogens (tertiary/aromatic N) is 2. The number of halogens is 1. The van der Waals surface area contributed by atoms with Gasteiger partial charge in [0.2, 0.25) is 6.79 Å². The Hall–Kier alpha value is -3.70. The van der Waals surface area contributed by atoms with E-state index in [0.29, 0.717) is 39.0 Å². The summed E-state index contributed by atoms with van der Waals surface area (Å²) in [6.45, 7) is 1.55. The molecule has 0 aliphatic carbocycles. The Balaban J connectivity index is 1.62. The van der Waals surface area contributed by atoms with E-state index in [0.717, 1.165) is 5.56 Å². The third kappa shape index (κ3) is 3.81. The molecule has 4 rings (SSSR count). The van der Waals surface area contributed by atoms with Gasteiger partial charge in [-0.1, -0.05) is 0 Å². The van der Waals surface area contributed by atoms with Gasteiger partial charge in [-0.15, -0.1) is 11.3 Å². The highest BCUT2D eigenvalue weighted by atomic mass is 32.1. The molecule has 1 aliphatic heterocycles. The quantitative estimate of drug-likeness (QED) is 0.480. The lowest BCUT2D eigenvalue weighted by Gasteiger charge is -2.08. The molecule has 1 N–H and O–H groups in total. The second-order valence-electron chi connectivity index (χ2n) is 6.17. The zero-order chi connectivity index (χ0) is 20.4. The van der Waals surface area contributed by atoms with Crippen LogP contribution in [0, 0.1) is 17.1 Å². The number of anilines is 1. The number of ketones is 1. The molecule has 144 valence electrons. The van der Waals surface area contributed by atoms with Gasteiger partial charge in [0, 0.05) is 28.8 Å². The number of aromatic nitrogens is 1. The molecule has 0 fully saturated rings. The number of thiazole rings is 1. The summed E-state index contributed by atoms with van der Waals surface area (Å²) in [5.74, 6) is 0.563. The first-order valence-electron chi connectivity index (χ1n) is 8.58. The summed E-state index contributed by atoms with van der Waals surface area (Å²) in [6, 6.07) is 11.4. The second kappa shape index (κ2) is 7.73. The number of benzene rings is 2. The zero-order valence-electron chi connectivity index (χ0n) is 15.2. The van der Waals surface area contributed by atoms with Gasteiger partial charge in [0.25, 0.3) is 0 Å². The Bertz CT molecular complexity index is 1160. The van der Waals surface area contributed by atoms with Gasteiger partial charge >= 0.3 is 0 Å². The molecule has 29 heavy (non-hydrogen) atoms. The van der Waals surface area contributed by atoms with E-state index in [1.54, 1.807) is 29.6 Å².